The normalized spacial score (nSPS) is 14.4. The van der Waals surface area contributed by atoms with Crippen molar-refractivity contribution in [3.63, 3.8) is 0 Å². The minimum atomic E-state index is 0.701. The van der Waals surface area contributed by atoms with Crippen LogP contribution < -0.4 is 0 Å². The summed E-state index contributed by atoms with van der Waals surface area (Å²) in [5.41, 5.74) is 1.84. The highest BCUT2D eigenvalue weighted by Crippen LogP contribution is 2.17. The van der Waals surface area contributed by atoms with E-state index in [1.54, 1.807) is 17.5 Å². The molecule has 1 heterocycles. The van der Waals surface area contributed by atoms with Gasteiger partial charge in [-0.1, -0.05) is 39.3 Å². The van der Waals surface area contributed by atoms with Gasteiger partial charge in [0.05, 0.1) is 22.7 Å². The lowest BCUT2D eigenvalue weighted by molar-refractivity contribution is 0.407. The second-order valence-electron chi connectivity index (χ2n) is 5.45. The lowest BCUT2D eigenvalue weighted by Gasteiger charge is -2.18. The van der Waals surface area contributed by atoms with Gasteiger partial charge in [0.2, 0.25) is 0 Å². The molecule has 0 aliphatic carbocycles. The van der Waals surface area contributed by atoms with Gasteiger partial charge >= 0.3 is 0 Å². The Kier molecular flexibility index (Phi) is 9.36. The van der Waals surface area contributed by atoms with Crippen molar-refractivity contribution in [2.24, 2.45) is 15.3 Å². The van der Waals surface area contributed by atoms with Crippen molar-refractivity contribution in [3.8, 4) is 0 Å². The van der Waals surface area contributed by atoms with E-state index in [-0.39, 0.29) is 0 Å². The minimum absolute atomic E-state index is 0.701. The number of hydrogen-bond donors (Lipinski definition) is 0. The Balaban J connectivity index is 2.60. The summed E-state index contributed by atoms with van der Waals surface area (Å²) in [6.07, 6.45) is 5.43. The molecule has 0 fully saturated rings. The van der Waals surface area contributed by atoms with Gasteiger partial charge in [-0.05, 0) is 37.8 Å². The smallest absolute Gasteiger partial charge is 0.102 e. The molecule has 0 bridgehead atoms. The van der Waals surface area contributed by atoms with Crippen molar-refractivity contribution < 1.29 is 0 Å². The molecule has 3 nitrogen and oxygen atoms in total. The van der Waals surface area contributed by atoms with Gasteiger partial charge in [-0.15, -0.1) is 11.3 Å². The number of unbranched alkanes of at least 4 members (excludes halogenated alkanes) is 1. The fourth-order valence-electron chi connectivity index (χ4n) is 2.13. The number of rotatable bonds is 10. The SMILES string of the molecule is C=C/N=C(\C(C)=N\SN(C)CC(C)CCCC)c1cccs1. The van der Waals surface area contributed by atoms with Crippen LogP contribution in [0.3, 0.4) is 0 Å². The first-order valence-electron chi connectivity index (χ1n) is 7.74. The fourth-order valence-corrected chi connectivity index (χ4v) is 3.57. The first-order chi connectivity index (χ1) is 10.6. The first-order valence-corrected chi connectivity index (χ1v) is 9.35. The van der Waals surface area contributed by atoms with Crippen molar-refractivity contribution in [1.82, 2.24) is 4.31 Å². The molecule has 0 aliphatic heterocycles. The van der Waals surface area contributed by atoms with Gasteiger partial charge in [-0.3, -0.25) is 4.99 Å². The predicted octanol–water partition coefficient (Wildman–Crippen LogP) is 5.46. The standard InChI is InChI=1S/C17H27N3S2/c1-6-8-10-14(3)13-20(5)22-19-15(4)17(18-7-2)16-11-9-12-21-16/h7,9,11-12,14H,2,6,8,10,13H2,1,3-5H3/b18-17+,19-15+. The summed E-state index contributed by atoms with van der Waals surface area (Å²) in [6.45, 7) is 11.3. The highest BCUT2D eigenvalue weighted by molar-refractivity contribution is 7.95. The molecule has 0 N–H and O–H groups in total. The highest BCUT2D eigenvalue weighted by atomic mass is 32.2. The Bertz CT molecular complexity index is 492. The second kappa shape index (κ2) is 10.8. The van der Waals surface area contributed by atoms with E-state index in [1.807, 2.05) is 13.0 Å². The molecule has 22 heavy (non-hydrogen) atoms. The van der Waals surface area contributed by atoms with Gasteiger partial charge in [-0.2, -0.15) is 0 Å². The van der Waals surface area contributed by atoms with E-state index in [9.17, 15) is 0 Å². The Labute approximate surface area is 143 Å². The molecule has 0 spiro atoms. The maximum absolute atomic E-state index is 4.62. The molecule has 0 amide bonds. The summed E-state index contributed by atoms with van der Waals surface area (Å²) < 4.78 is 6.82. The molecule has 1 rings (SSSR count). The number of hydrogen-bond acceptors (Lipinski definition) is 5. The molecule has 122 valence electrons. The van der Waals surface area contributed by atoms with Crippen molar-refractivity contribution in [2.45, 2.75) is 40.0 Å². The quantitative estimate of drug-likeness (QED) is 0.419. The van der Waals surface area contributed by atoms with Crippen LogP contribution in [0, 0.1) is 5.92 Å². The third-order valence-corrected chi connectivity index (χ3v) is 4.91. The van der Waals surface area contributed by atoms with Crippen LogP contribution in [0.2, 0.25) is 0 Å². The third kappa shape index (κ3) is 6.90. The van der Waals surface area contributed by atoms with Gasteiger partial charge in [0.1, 0.15) is 5.71 Å². The molecule has 0 saturated heterocycles. The summed E-state index contributed by atoms with van der Waals surface area (Å²) in [4.78, 5) is 5.50. The summed E-state index contributed by atoms with van der Waals surface area (Å²) in [6, 6.07) is 4.09. The molecular formula is C17H27N3S2. The van der Waals surface area contributed by atoms with Crippen LogP contribution in [0.15, 0.2) is 39.7 Å². The molecule has 0 saturated carbocycles. The molecule has 0 aliphatic rings. The van der Waals surface area contributed by atoms with Crippen LogP contribution in [-0.4, -0.2) is 29.3 Å². The Morgan fingerprint density at radius 3 is 2.91 bits per heavy atom. The lowest BCUT2D eigenvalue weighted by atomic mass is 10.1. The minimum Gasteiger partial charge on any atom is -0.254 e. The second-order valence-corrected chi connectivity index (χ2v) is 7.37. The summed E-state index contributed by atoms with van der Waals surface area (Å²) in [5, 5.41) is 2.05. The Morgan fingerprint density at radius 2 is 2.32 bits per heavy atom. The van der Waals surface area contributed by atoms with E-state index < -0.39 is 0 Å². The predicted molar refractivity (Wildman–Crippen MR) is 103 cm³/mol. The zero-order valence-corrected chi connectivity index (χ0v) is 15.7. The molecule has 1 unspecified atom stereocenters. The van der Waals surface area contributed by atoms with E-state index in [0.717, 1.165) is 22.8 Å². The van der Waals surface area contributed by atoms with Crippen LogP contribution in [-0.2, 0) is 0 Å². The Hall–Kier alpha value is -0.910. The molecule has 1 aromatic rings. The van der Waals surface area contributed by atoms with Gasteiger partial charge < -0.3 is 0 Å². The number of thiophene rings is 1. The van der Waals surface area contributed by atoms with Crippen molar-refractivity contribution in [3.05, 3.63) is 35.2 Å². The number of aliphatic imine (C=N–C) groups is 1. The van der Waals surface area contributed by atoms with Crippen molar-refractivity contribution >= 4 is 34.9 Å². The van der Waals surface area contributed by atoms with E-state index in [2.05, 4.69) is 52.6 Å². The molecular weight excluding hydrogens is 310 g/mol. The number of nitrogens with zero attached hydrogens (tertiary/aromatic N) is 3. The van der Waals surface area contributed by atoms with Gasteiger partial charge in [0, 0.05) is 12.7 Å². The van der Waals surface area contributed by atoms with Crippen molar-refractivity contribution in [2.75, 3.05) is 13.6 Å². The third-order valence-electron chi connectivity index (χ3n) is 3.25. The molecule has 0 aromatic carbocycles. The van der Waals surface area contributed by atoms with Crippen LogP contribution in [0.25, 0.3) is 0 Å². The maximum Gasteiger partial charge on any atom is 0.102 e. The molecule has 1 atom stereocenters. The van der Waals surface area contributed by atoms with Gasteiger partial charge in [0.25, 0.3) is 0 Å². The van der Waals surface area contributed by atoms with Crippen LogP contribution in [0.1, 0.15) is 44.9 Å². The van der Waals surface area contributed by atoms with E-state index in [0.29, 0.717) is 5.92 Å². The maximum atomic E-state index is 4.62. The summed E-state index contributed by atoms with van der Waals surface area (Å²) in [7, 11) is 2.10. The van der Waals surface area contributed by atoms with Crippen LogP contribution >= 0.6 is 23.5 Å². The van der Waals surface area contributed by atoms with Gasteiger partial charge in [0.15, 0.2) is 0 Å². The van der Waals surface area contributed by atoms with E-state index in [4.69, 9.17) is 0 Å². The fraction of sp³-hybridized carbons (Fsp3) is 0.529. The van der Waals surface area contributed by atoms with E-state index in [1.165, 1.54) is 31.4 Å². The van der Waals surface area contributed by atoms with Crippen molar-refractivity contribution in [1.29, 1.82) is 0 Å². The monoisotopic (exact) mass is 337 g/mol. The Morgan fingerprint density at radius 1 is 1.55 bits per heavy atom. The van der Waals surface area contributed by atoms with Crippen LogP contribution in [0.4, 0.5) is 0 Å². The molecule has 1 aromatic heterocycles. The average Bonchev–Trinajstić information content (AvgIpc) is 3.02. The van der Waals surface area contributed by atoms with Crippen LogP contribution in [0.5, 0.6) is 0 Å². The topological polar surface area (TPSA) is 28.0 Å². The zero-order valence-electron chi connectivity index (χ0n) is 14.1. The average molecular weight is 338 g/mol. The summed E-state index contributed by atoms with van der Waals surface area (Å²) in [5.74, 6) is 0.701. The summed E-state index contributed by atoms with van der Waals surface area (Å²) >= 11 is 3.18. The first kappa shape index (κ1) is 19.1. The molecule has 5 heteroatoms. The lowest BCUT2D eigenvalue weighted by Crippen LogP contribution is -2.18. The molecule has 0 radical (unpaired) electrons. The van der Waals surface area contributed by atoms with E-state index >= 15 is 0 Å². The largest absolute Gasteiger partial charge is 0.254 e. The zero-order chi connectivity index (χ0) is 16.4. The highest BCUT2D eigenvalue weighted by Gasteiger charge is 2.10. The van der Waals surface area contributed by atoms with Gasteiger partial charge in [-0.25, -0.2) is 8.70 Å².